The van der Waals surface area contributed by atoms with Crippen LogP contribution >= 0.6 is 11.6 Å². The number of benzene rings is 1. The van der Waals surface area contributed by atoms with Gasteiger partial charge in [-0.25, -0.2) is 8.42 Å². The monoisotopic (exact) mass is 291 g/mol. The Balaban J connectivity index is 3.10. The van der Waals surface area contributed by atoms with Gasteiger partial charge in [0.25, 0.3) is 0 Å². The van der Waals surface area contributed by atoms with Crippen molar-refractivity contribution in [2.24, 2.45) is 0 Å². The number of aryl methyl sites for hydroxylation is 1. The fourth-order valence-electron chi connectivity index (χ4n) is 1.54. The van der Waals surface area contributed by atoms with Gasteiger partial charge in [0.1, 0.15) is 0 Å². The molecule has 0 saturated heterocycles. The van der Waals surface area contributed by atoms with Gasteiger partial charge in [0, 0.05) is 18.6 Å². The number of sulfonamides is 1. The number of hydrogen-bond donors (Lipinski definition) is 1. The summed E-state index contributed by atoms with van der Waals surface area (Å²) in [6, 6.07) is 4.59. The standard InChI is InChI=1S/C12H18ClNO3S/c1-9-5-6-10(7-11(9)13)18(16,17)14(4)8-12(2,3)15/h5-7,15H,8H2,1-4H3. The predicted octanol–water partition coefficient (Wildman–Crippen LogP) is 2.04. The van der Waals surface area contributed by atoms with E-state index >= 15 is 0 Å². The molecule has 0 atom stereocenters. The van der Waals surface area contributed by atoms with Crippen LogP contribution in [-0.2, 0) is 10.0 Å². The zero-order chi connectivity index (χ0) is 14.1. The van der Waals surface area contributed by atoms with Crippen LogP contribution < -0.4 is 0 Å². The van der Waals surface area contributed by atoms with Gasteiger partial charge in [0.15, 0.2) is 0 Å². The lowest BCUT2D eigenvalue weighted by Crippen LogP contribution is -2.39. The number of aliphatic hydroxyl groups is 1. The topological polar surface area (TPSA) is 57.6 Å². The lowest BCUT2D eigenvalue weighted by Gasteiger charge is -2.25. The largest absolute Gasteiger partial charge is 0.389 e. The SMILES string of the molecule is Cc1ccc(S(=O)(=O)N(C)CC(C)(C)O)cc1Cl. The summed E-state index contributed by atoms with van der Waals surface area (Å²) in [4.78, 5) is 0.129. The van der Waals surface area contributed by atoms with Gasteiger partial charge in [-0.1, -0.05) is 17.7 Å². The van der Waals surface area contributed by atoms with Gasteiger partial charge in [-0.2, -0.15) is 4.31 Å². The Morgan fingerprint density at radius 1 is 1.39 bits per heavy atom. The van der Waals surface area contributed by atoms with Crippen molar-refractivity contribution in [1.29, 1.82) is 0 Å². The van der Waals surface area contributed by atoms with Crippen LogP contribution in [0.3, 0.4) is 0 Å². The van der Waals surface area contributed by atoms with E-state index in [-0.39, 0.29) is 11.4 Å². The number of likely N-dealkylation sites (N-methyl/N-ethyl adjacent to an activating group) is 1. The van der Waals surface area contributed by atoms with Crippen LogP contribution in [0.4, 0.5) is 0 Å². The van der Waals surface area contributed by atoms with E-state index in [2.05, 4.69) is 0 Å². The molecule has 0 unspecified atom stereocenters. The lowest BCUT2D eigenvalue weighted by molar-refractivity contribution is 0.0640. The summed E-state index contributed by atoms with van der Waals surface area (Å²) in [6.07, 6.45) is 0. The first kappa shape index (κ1) is 15.4. The normalized spacial score (nSPS) is 13.1. The van der Waals surface area contributed by atoms with Crippen molar-refractivity contribution in [3.8, 4) is 0 Å². The van der Waals surface area contributed by atoms with Gasteiger partial charge in [-0.05, 0) is 38.5 Å². The second kappa shape index (κ2) is 5.17. The molecule has 0 aliphatic carbocycles. The fourth-order valence-corrected chi connectivity index (χ4v) is 3.14. The molecule has 0 bridgehead atoms. The minimum Gasteiger partial charge on any atom is -0.389 e. The zero-order valence-corrected chi connectivity index (χ0v) is 12.5. The Labute approximate surface area is 113 Å². The van der Waals surface area contributed by atoms with Crippen molar-refractivity contribution < 1.29 is 13.5 Å². The van der Waals surface area contributed by atoms with Gasteiger partial charge in [-0.15, -0.1) is 0 Å². The van der Waals surface area contributed by atoms with E-state index in [4.69, 9.17) is 11.6 Å². The first-order chi connectivity index (χ1) is 8.04. The molecule has 1 aromatic carbocycles. The zero-order valence-electron chi connectivity index (χ0n) is 10.9. The van der Waals surface area contributed by atoms with Crippen LogP contribution in [-0.4, -0.2) is 37.0 Å². The second-order valence-electron chi connectivity index (χ2n) is 4.98. The summed E-state index contributed by atoms with van der Waals surface area (Å²) in [7, 11) is -2.19. The van der Waals surface area contributed by atoms with Crippen LogP contribution in [0.2, 0.25) is 5.02 Å². The Bertz CT molecular complexity index is 535. The van der Waals surface area contributed by atoms with Crippen LogP contribution in [0.25, 0.3) is 0 Å². The molecule has 18 heavy (non-hydrogen) atoms. The van der Waals surface area contributed by atoms with Gasteiger partial charge in [0.05, 0.1) is 10.5 Å². The van der Waals surface area contributed by atoms with Crippen molar-refractivity contribution in [3.05, 3.63) is 28.8 Å². The molecule has 0 fully saturated rings. The second-order valence-corrected chi connectivity index (χ2v) is 7.44. The third kappa shape index (κ3) is 3.68. The minimum atomic E-state index is -3.62. The molecule has 0 spiro atoms. The number of nitrogens with zero attached hydrogens (tertiary/aromatic N) is 1. The Kier molecular flexibility index (Phi) is 4.43. The number of rotatable bonds is 4. The van der Waals surface area contributed by atoms with Crippen molar-refractivity contribution in [1.82, 2.24) is 4.31 Å². The molecule has 0 saturated carbocycles. The lowest BCUT2D eigenvalue weighted by atomic mass is 10.1. The quantitative estimate of drug-likeness (QED) is 0.923. The summed E-state index contributed by atoms with van der Waals surface area (Å²) in [5.41, 5.74) is -0.267. The summed E-state index contributed by atoms with van der Waals surface area (Å²) in [5.74, 6) is 0. The molecule has 1 rings (SSSR count). The molecule has 0 aliphatic rings. The number of halogens is 1. The maximum absolute atomic E-state index is 12.2. The average Bonchev–Trinajstić information content (AvgIpc) is 2.19. The minimum absolute atomic E-state index is 0.0147. The van der Waals surface area contributed by atoms with Crippen LogP contribution in [0, 0.1) is 6.92 Å². The van der Waals surface area contributed by atoms with Gasteiger partial charge in [0.2, 0.25) is 10.0 Å². The first-order valence-corrected chi connectivity index (χ1v) is 7.31. The maximum atomic E-state index is 12.2. The average molecular weight is 292 g/mol. The summed E-state index contributed by atoms with van der Waals surface area (Å²) >= 11 is 5.93. The van der Waals surface area contributed by atoms with Crippen LogP contribution in [0.5, 0.6) is 0 Å². The predicted molar refractivity (Wildman–Crippen MR) is 72.3 cm³/mol. The third-order valence-corrected chi connectivity index (χ3v) is 4.67. The van der Waals surface area contributed by atoms with E-state index in [1.807, 2.05) is 0 Å². The molecule has 0 aromatic heterocycles. The molecule has 1 N–H and O–H groups in total. The molecular weight excluding hydrogens is 274 g/mol. The highest BCUT2D eigenvalue weighted by molar-refractivity contribution is 7.89. The first-order valence-electron chi connectivity index (χ1n) is 5.49. The number of hydrogen-bond acceptors (Lipinski definition) is 3. The molecule has 0 heterocycles. The fraction of sp³-hybridized carbons (Fsp3) is 0.500. The molecule has 6 heteroatoms. The highest BCUT2D eigenvalue weighted by Crippen LogP contribution is 2.22. The van der Waals surface area contributed by atoms with E-state index in [1.54, 1.807) is 26.8 Å². The van der Waals surface area contributed by atoms with Crippen molar-refractivity contribution in [3.63, 3.8) is 0 Å². The molecule has 1 aromatic rings. The Morgan fingerprint density at radius 3 is 2.39 bits per heavy atom. The molecule has 0 radical (unpaired) electrons. The Morgan fingerprint density at radius 2 is 1.94 bits per heavy atom. The highest BCUT2D eigenvalue weighted by Gasteiger charge is 2.26. The maximum Gasteiger partial charge on any atom is 0.242 e. The molecule has 4 nitrogen and oxygen atoms in total. The molecule has 0 aliphatic heterocycles. The van der Waals surface area contributed by atoms with Gasteiger partial charge < -0.3 is 5.11 Å². The smallest absolute Gasteiger partial charge is 0.242 e. The van der Waals surface area contributed by atoms with E-state index in [9.17, 15) is 13.5 Å². The summed E-state index contributed by atoms with van der Waals surface area (Å²) < 4.78 is 25.6. The summed E-state index contributed by atoms with van der Waals surface area (Å²) in [6.45, 7) is 4.93. The third-order valence-electron chi connectivity index (χ3n) is 2.46. The van der Waals surface area contributed by atoms with Crippen LogP contribution in [0.1, 0.15) is 19.4 Å². The molecule has 0 amide bonds. The Hall–Kier alpha value is -0.620. The molecule has 102 valence electrons. The van der Waals surface area contributed by atoms with Crippen LogP contribution in [0.15, 0.2) is 23.1 Å². The van der Waals surface area contributed by atoms with E-state index in [0.717, 1.165) is 9.87 Å². The van der Waals surface area contributed by atoms with Gasteiger partial charge in [-0.3, -0.25) is 0 Å². The van der Waals surface area contributed by atoms with E-state index in [1.165, 1.54) is 19.2 Å². The molecular formula is C12H18ClNO3S. The summed E-state index contributed by atoms with van der Waals surface area (Å²) in [5, 5.41) is 10.1. The van der Waals surface area contributed by atoms with Gasteiger partial charge >= 0.3 is 0 Å². The van der Waals surface area contributed by atoms with E-state index < -0.39 is 15.6 Å². The van der Waals surface area contributed by atoms with Crippen molar-refractivity contribution in [2.45, 2.75) is 31.3 Å². The van der Waals surface area contributed by atoms with Crippen molar-refractivity contribution in [2.75, 3.05) is 13.6 Å². The van der Waals surface area contributed by atoms with E-state index in [0.29, 0.717) is 5.02 Å². The highest BCUT2D eigenvalue weighted by atomic mass is 35.5. The van der Waals surface area contributed by atoms with Crippen molar-refractivity contribution >= 4 is 21.6 Å².